The Morgan fingerprint density at radius 3 is 2.66 bits per heavy atom. The van der Waals surface area contributed by atoms with Crippen molar-refractivity contribution in [1.82, 2.24) is 9.88 Å². The lowest BCUT2D eigenvalue weighted by atomic mass is 10.2. The van der Waals surface area contributed by atoms with E-state index < -0.39 is 0 Å². The van der Waals surface area contributed by atoms with E-state index in [-0.39, 0.29) is 6.03 Å². The molecule has 150 valence electrons. The molecule has 1 N–H and O–H groups in total. The number of aryl methyl sites for hydroxylation is 2. The van der Waals surface area contributed by atoms with E-state index in [1.54, 1.807) is 11.3 Å². The Morgan fingerprint density at radius 2 is 1.93 bits per heavy atom. The SMILES string of the molecule is Cc1ccc(NC(=O)N(Cc2csc(COc3ccccc3C)n2)C2CC2)cc1. The molecule has 5 nitrogen and oxygen atoms in total. The summed E-state index contributed by atoms with van der Waals surface area (Å²) in [5.74, 6) is 0.876. The zero-order valence-corrected chi connectivity index (χ0v) is 17.5. The number of benzene rings is 2. The summed E-state index contributed by atoms with van der Waals surface area (Å²) in [6.07, 6.45) is 2.10. The Balaban J connectivity index is 1.37. The molecule has 0 atom stereocenters. The summed E-state index contributed by atoms with van der Waals surface area (Å²) in [6.45, 7) is 5.02. The summed E-state index contributed by atoms with van der Waals surface area (Å²) in [4.78, 5) is 19.4. The third kappa shape index (κ3) is 5.15. The Kier molecular flexibility index (Phi) is 5.81. The summed E-state index contributed by atoms with van der Waals surface area (Å²) in [7, 11) is 0. The van der Waals surface area contributed by atoms with Crippen LogP contribution in [0, 0.1) is 13.8 Å². The highest BCUT2D eigenvalue weighted by Gasteiger charge is 2.33. The van der Waals surface area contributed by atoms with Gasteiger partial charge in [0.15, 0.2) is 0 Å². The molecule has 29 heavy (non-hydrogen) atoms. The van der Waals surface area contributed by atoms with E-state index in [2.05, 4.69) is 10.3 Å². The Labute approximate surface area is 175 Å². The summed E-state index contributed by atoms with van der Waals surface area (Å²) in [5, 5.41) is 5.94. The topological polar surface area (TPSA) is 54.5 Å². The van der Waals surface area contributed by atoms with E-state index in [1.165, 1.54) is 5.56 Å². The van der Waals surface area contributed by atoms with Gasteiger partial charge in [0.25, 0.3) is 0 Å². The lowest BCUT2D eigenvalue weighted by Crippen LogP contribution is -2.36. The van der Waals surface area contributed by atoms with Crippen molar-refractivity contribution in [2.45, 2.75) is 45.9 Å². The standard InChI is InChI=1S/C23H25N3O2S/c1-16-7-9-18(10-8-16)25-23(27)26(20-11-12-20)13-19-15-29-22(24-19)14-28-21-6-4-3-5-17(21)2/h3-10,15,20H,11-14H2,1-2H3,(H,25,27). The normalized spacial score (nSPS) is 13.2. The molecular formula is C23H25N3O2S. The minimum Gasteiger partial charge on any atom is -0.486 e. The number of anilines is 1. The van der Waals surface area contributed by atoms with Gasteiger partial charge in [0.1, 0.15) is 17.4 Å². The molecule has 4 rings (SSSR count). The van der Waals surface area contributed by atoms with Crippen LogP contribution in [0.3, 0.4) is 0 Å². The van der Waals surface area contributed by atoms with Crippen molar-refractivity contribution < 1.29 is 9.53 Å². The number of nitrogens with one attached hydrogen (secondary N) is 1. The summed E-state index contributed by atoms with van der Waals surface area (Å²) >= 11 is 1.57. The first-order valence-corrected chi connectivity index (χ1v) is 10.7. The Hall–Kier alpha value is -2.86. The lowest BCUT2D eigenvalue weighted by molar-refractivity contribution is 0.205. The second-order valence-electron chi connectivity index (χ2n) is 7.44. The van der Waals surface area contributed by atoms with Crippen LogP contribution in [0.2, 0.25) is 0 Å². The van der Waals surface area contributed by atoms with Crippen molar-refractivity contribution in [1.29, 1.82) is 0 Å². The maximum atomic E-state index is 12.8. The van der Waals surface area contributed by atoms with Crippen LogP contribution in [-0.4, -0.2) is 22.0 Å². The van der Waals surface area contributed by atoms with E-state index in [0.717, 1.165) is 40.5 Å². The molecule has 0 unspecified atom stereocenters. The van der Waals surface area contributed by atoms with Crippen LogP contribution in [-0.2, 0) is 13.2 Å². The van der Waals surface area contributed by atoms with Crippen molar-refractivity contribution >= 4 is 23.1 Å². The van der Waals surface area contributed by atoms with Gasteiger partial charge in [0.05, 0.1) is 12.2 Å². The first-order chi connectivity index (χ1) is 14.1. The van der Waals surface area contributed by atoms with Crippen LogP contribution in [0.15, 0.2) is 53.9 Å². The van der Waals surface area contributed by atoms with Gasteiger partial charge in [-0.05, 0) is 50.5 Å². The van der Waals surface area contributed by atoms with Crippen LogP contribution in [0.25, 0.3) is 0 Å². The number of carbonyl (C=O) groups excluding carboxylic acids is 1. The number of hydrogen-bond acceptors (Lipinski definition) is 4. The van der Waals surface area contributed by atoms with Crippen molar-refractivity contribution in [3.8, 4) is 5.75 Å². The van der Waals surface area contributed by atoms with E-state index >= 15 is 0 Å². The van der Waals surface area contributed by atoms with Gasteiger partial charge in [-0.3, -0.25) is 0 Å². The number of hydrogen-bond donors (Lipinski definition) is 1. The maximum Gasteiger partial charge on any atom is 0.322 e. The molecule has 1 aliphatic rings. The molecule has 3 aromatic rings. The Morgan fingerprint density at radius 1 is 1.17 bits per heavy atom. The van der Waals surface area contributed by atoms with Crippen molar-refractivity contribution in [3.63, 3.8) is 0 Å². The molecule has 0 spiro atoms. The summed E-state index contributed by atoms with van der Waals surface area (Å²) in [6, 6.07) is 16.1. The molecule has 1 heterocycles. The molecule has 1 aliphatic carbocycles. The van der Waals surface area contributed by atoms with Gasteiger partial charge in [-0.15, -0.1) is 11.3 Å². The molecule has 1 aromatic heterocycles. The minimum atomic E-state index is -0.0675. The number of amides is 2. The number of ether oxygens (including phenoxy) is 1. The second-order valence-corrected chi connectivity index (χ2v) is 8.38. The molecule has 0 radical (unpaired) electrons. The minimum absolute atomic E-state index is 0.0675. The second kappa shape index (κ2) is 8.66. The van der Waals surface area contributed by atoms with Crippen molar-refractivity contribution in [2.75, 3.05) is 5.32 Å². The van der Waals surface area contributed by atoms with E-state index in [9.17, 15) is 4.79 Å². The number of aromatic nitrogens is 1. The Bertz CT molecular complexity index is 980. The highest BCUT2D eigenvalue weighted by atomic mass is 32.1. The first-order valence-electron chi connectivity index (χ1n) is 9.84. The zero-order chi connectivity index (χ0) is 20.2. The fourth-order valence-corrected chi connectivity index (χ4v) is 3.80. The average molecular weight is 408 g/mol. The first kappa shape index (κ1) is 19.5. The summed E-state index contributed by atoms with van der Waals surface area (Å²) in [5.41, 5.74) is 4.00. The smallest absolute Gasteiger partial charge is 0.322 e. The van der Waals surface area contributed by atoms with Crippen LogP contribution in [0.4, 0.5) is 10.5 Å². The van der Waals surface area contributed by atoms with Crippen LogP contribution < -0.4 is 10.1 Å². The molecule has 0 bridgehead atoms. The largest absolute Gasteiger partial charge is 0.486 e. The fraction of sp³-hybridized carbons (Fsp3) is 0.304. The lowest BCUT2D eigenvalue weighted by Gasteiger charge is -2.22. The van der Waals surface area contributed by atoms with Crippen LogP contribution >= 0.6 is 11.3 Å². The van der Waals surface area contributed by atoms with Crippen LogP contribution in [0.5, 0.6) is 5.75 Å². The third-order valence-electron chi connectivity index (χ3n) is 4.93. The van der Waals surface area contributed by atoms with Gasteiger partial charge < -0.3 is 15.0 Å². The molecule has 1 fully saturated rings. The zero-order valence-electron chi connectivity index (χ0n) is 16.7. The molecular weight excluding hydrogens is 382 g/mol. The highest BCUT2D eigenvalue weighted by Crippen LogP contribution is 2.29. The fourth-order valence-electron chi connectivity index (χ4n) is 3.11. The van der Waals surface area contributed by atoms with Gasteiger partial charge >= 0.3 is 6.03 Å². The number of para-hydroxylation sites is 1. The van der Waals surface area contributed by atoms with Crippen molar-refractivity contribution in [3.05, 3.63) is 75.7 Å². The van der Waals surface area contributed by atoms with Gasteiger partial charge in [-0.25, -0.2) is 9.78 Å². The molecule has 6 heteroatoms. The monoisotopic (exact) mass is 407 g/mol. The molecule has 2 amide bonds. The van der Waals surface area contributed by atoms with Gasteiger partial charge in [0, 0.05) is 17.1 Å². The van der Waals surface area contributed by atoms with Gasteiger partial charge in [-0.2, -0.15) is 0 Å². The summed E-state index contributed by atoms with van der Waals surface area (Å²) < 4.78 is 5.89. The molecule has 0 saturated heterocycles. The third-order valence-corrected chi connectivity index (χ3v) is 5.80. The molecule has 0 aliphatic heterocycles. The number of rotatable bonds is 7. The predicted octanol–water partition coefficient (Wildman–Crippen LogP) is 5.54. The number of nitrogens with zero attached hydrogens (tertiary/aromatic N) is 2. The highest BCUT2D eigenvalue weighted by molar-refractivity contribution is 7.09. The number of thiazole rings is 1. The average Bonchev–Trinajstić information content (AvgIpc) is 3.46. The van der Waals surface area contributed by atoms with E-state index in [4.69, 9.17) is 4.74 Å². The van der Waals surface area contributed by atoms with E-state index in [0.29, 0.717) is 19.2 Å². The van der Waals surface area contributed by atoms with Gasteiger partial charge in [-0.1, -0.05) is 35.9 Å². The van der Waals surface area contributed by atoms with Crippen molar-refractivity contribution in [2.24, 2.45) is 0 Å². The number of carbonyl (C=O) groups is 1. The predicted molar refractivity (Wildman–Crippen MR) is 116 cm³/mol. The molecule has 2 aromatic carbocycles. The maximum absolute atomic E-state index is 12.8. The molecule has 1 saturated carbocycles. The van der Waals surface area contributed by atoms with Gasteiger partial charge in [0.2, 0.25) is 0 Å². The van der Waals surface area contributed by atoms with E-state index in [1.807, 2.05) is 72.7 Å². The van der Waals surface area contributed by atoms with Crippen LogP contribution in [0.1, 0.15) is 34.7 Å². The number of urea groups is 1. The quantitative estimate of drug-likeness (QED) is 0.560.